The van der Waals surface area contributed by atoms with Crippen molar-refractivity contribution in [3.8, 4) is 0 Å². The first kappa shape index (κ1) is 15.2. The molecule has 0 spiro atoms. The maximum absolute atomic E-state index is 12.6. The first-order chi connectivity index (χ1) is 8.38. The molecule has 0 aromatic rings. The van der Waals surface area contributed by atoms with E-state index in [1.807, 2.05) is 0 Å². The van der Waals surface area contributed by atoms with E-state index in [0.29, 0.717) is 0 Å². The summed E-state index contributed by atoms with van der Waals surface area (Å²) in [6, 6.07) is 0.0609. The molecule has 0 heterocycles. The van der Waals surface area contributed by atoms with Crippen LogP contribution in [0.15, 0.2) is 0 Å². The van der Waals surface area contributed by atoms with Crippen LogP contribution in [0.2, 0.25) is 0 Å². The maximum atomic E-state index is 12.6. The highest BCUT2D eigenvalue weighted by molar-refractivity contribution is 5.71. The Morgan fingerprint density at radius 1 is 1.50 bits per heavy atom. The number of rotatable bonds is 7. The summed E-state index contributed by atoms with van der Waals surface area (Å²) in [5, 5.41) is 0. The van der Waals surface area contributed by atoms with Crippen molar-refractivity contribution in [3.05, 3.63) is 0 Å². The van der Waals surface area contributed by atoms with Gasteiger partial charge in [-0.2, -0.15) is 13.2 Å². The van der Waals surface area contributed by atoms with Crippen LogP contribution in [0.25, 0.3) is 0 Å². The summed E-state index contributed by atoms with van der Waals surface area (Å²) in [5.74, 6) is -2.07. The molecule has 1 rings (SSSR count). The smallest absolute Gasteiger partial charge is 0.394 e. The molecule has 4 nitrogen and oxygen atoms in total. The molecule has 1 saturated carbocycles. The molecule has 2 N–H and O–H groups in total. The van der Waals surface area contributed by atoms with E-state index in [1.54, 1.807) is 6.92 Å². The lowest BCUT2D eigenvalue weighted by Gasteiger charge is -2.27. The molecule has 0 amide bonds. The second kappa shape index (κ2) is 6.38. The van der Waals surface area contributed by atoms with E-state index in [2.05, 4.69) is 0 Å². The standard InChI is InChI=1S/C11H19F3N2O2/c1-2-18-10(17)7-16(9-3-4-9)6-8(5-15)11(12,13)14/h8-9H,2-7,15H2,1H3. The minimum Gasteiger partial charge on any atom is -0.465 e. The molecule has 1 aliphatic rings. The van der Waals surface area contributed by atoms with Gasteiger partial charge in [-0.05, 0) is 19.8 Å². The lowest BCUT2D eigenvalue weighted by atomic mass is 10.1. The van der Waals surface area contributed by atoms with E-state index in [1.165, 1.54) is 4.90 Å². The highest BCUT2D eigenvalue weighted by Crippen LogP contribution is 2.31. The molecule has 18 heavy (non-hydrogen) atoms. The van der Waals surface area contributed by atoms with Gasteiger partial charge in [0.25, 0.3) is 0 Å². The number of halogens is 3. The minimum atomic E-state index is -4.32. The maximum Gasteiger partial charge on any atom is 0.394 e. The summed E-state index contributed by atoms with van der Waals surface area (Å²) in [6.07, 6.45) is -2.67. The van der Waals surface area contributed by atoms with Crippen molar-refractivity contribution in [1.82, 2.24) is 4.90 Å². The zero-order valence-electron chi connectivity index (χ0n) is 10.4. The van der Waals surface area contributed by atoms with Crippen molar-refractivity contribution in [2.45, 2.75) is 32.0 Å². The van der Waals surface area contributed by atoms with Crippen molar-refractivity contribution >= 4 is 5.97 Å². The molecule has 0 aliphatic heterocycles. The number of carbonyl (C=O) groups excluding carboxylic acids is 1. The van der Waals surface area contributed by atoms with Gasteiger partial charge in [0.15, 0.2) is 0 Å². The number of esters is 1. The summed E-state index contributed by atoms with van der Waals surface area (Å²) in [6.45, 7) is 1.11. The van der Waals surface area contributed by atoms with E-state index in [0.717, 1.165) is 12.8 Å². The predicted molar refractivity (Wildman–Crippen MR) is 59.8 cm³/mol. The molecule has 0 aromatic heterocycles. The van der Waals surface area contributed by atoms with Gasteiger partial charge >= 0.3 is 12.1 Å². The first-order valence-electron chi connectivity index (χ1n) is 6.05. The third kappa shape index (κ3) is 4.81. The molecule has 106 valence electrons. The Morgan fingerprint density at radius 3 is 2.50 bits per heavy atom. The fraction of sp³-hybridized carbons (Fsp3) is 0.909. The number of carbonyl (C=O) groups is 1. The van der Waals surface area contributed by atoms with Gasteiger partial charge in [-0.3, -0.25) is 9.69 Å². The largest absolute Gasteiger partial charge is 0.465 e. The molecule has 1 aliphatic carbocycles. The van der Waals surface area contributed by atoms with Gasteiger partial charge in [0.2, 0.25) is 0 Å². The molecule has 0 bridgehead atoms. The molecular formula is C11H19F3N2O2. The number of alkyl halides is 3. The molecule has 1 unspecified atom stereocenters. The molecule has 0 saturated heterocycles. The summed E-state index contributed by atoms with van der Waals surface area (Å²) >= 11 is 0. The average molecular weight is 268 g/mol. The van der Waals surface area contributed by atoms with E-state index in [4.69, 9.17) is 10.5 Å². The Hall–Kier alpha value is -0.820. The summed E-state index contributed by atoms with van der Waals surface area (Å²) in [7, 11) is 0. The van der Waals surface area contributed by atoms with E-state index >= 15 is 0 Å². The van der Waals surface area contributed by atoms with Crippen molar-refractivity contribution in [2.24, 2.45) is 11.7 Å². The van der Waals surface area contributed by atoms with Gasteiger partial charge < -0.3 is 10.5 Å². The second-order valence-corrected chi connectivity index (χ2v) is 4.44. The summed E-state index contributed by atoms with van der Waals surface area (Å²) in [5.41, 5.74) is 5.15. The quantitative estimate of drug-likeness (QED) is 0.704. The minimum absolute atomic E-state index is 0.0609. The second-order valence-electron chi connectivity index (χ2n) is 4.44. The Morgan fingerprint density at radius 2 is 2.11 bits per heavy atom. The van der Waals surface area contributed by atoms with Gasteiger partial charge in [0.1, 0.15) is 0 Å². The van der Waals surface area contributed by atoms with Crippen molar-refractivity contribution in [2.75, 3.05) is 26.2 Å². The van der Waals surface area contributed by atoms with Crippen LogP contribution in [0.3, 0.4) is 0 Å². The van der Waals surface area contributed by atoms with E-state index < -0.39 is 24.6 Å². The van der Waals surface area contributed by atoms with E-state index in [-0.39, 0.29) is 25.7 Å². The third-order valence-corrected chi connectivity index (χ3v) is 2.90. The van der Waals surface area contributed by atoms with Crippen LogP contribution in [0.1, 0.15) is 19.8 Å². The lowest BCUT2D eigenvalue weighted by molar-refractivity contribution is -0.178. The Bertz CT molecular complexity index is 280. The molecular weight excluding hydrogens is 249 g/mol. The van der Waals surface area contributed by atoms with E-state index in [9.17, 15) is 18.0 Å². The van der Waals surface area contributed by atoms with Gasteiger partial charge in [0, 0.05) is 19.1 Å². The van der Waals surface area contributed by atoms with Gasteiger partial charge in [-0.15, -0.1) is 0 Å². The molecule has 1 fully saturated rings. The summed E-state index contributed by atoms with van der Waals surface area (Å²) in [4.78, 5) is 12.9. The summed E-state index contributed by atoms with van der Waals surface area (Å²) < 4.78 is 42.6. The zero-order valence-corrected chi connectivity index (χ0v) is 10.4. The first-order valence-corrected chi connectivity index (χ1v) is 6.05. The lowest BCUT2D eigenvalue weighted by Crippen LogP contribution is -2.44. The van der Waals surface area contributed by atoms with Crippen LogP contribution in [-0.2, 0) is 9.53 Å². The molecule has 0 aromatic carbocycles. The third-order valence-electron chi connectivity index (χ3n) is 2.90. The predicted octanol–water partition coefficient (Wildman–Crippen LogP) is 1.15. The monoisotopic (exact) mass is 268 g/mol. The number of hydrogen-bond donors (Lipinski definition) is 1. The highest BCUT2D eigenvalue weighted by Gasteiger charge is 2.42. The van der Waals surface area contributed by atoms with Crippen LogP contribution in [0, 0.1) is 5.92 Å². The SMILES string of the molecule is CCOC(=O)CN(CC(CN)C(F)(F)F)C1CC1. The number of nitrogens with two attached hydrogens (primary N) is 1. The van der Waals surface area contributed by atoms with Gasteiger partial charge in [-0.25, -0.2) is 0 Å². The molecule has 7 heteroatoms. The normalized spacial score (nSPS) is 17.9. The zero-order chi connectivity index (χ0) is 13.8. The number of ether oxygens (including phenoxy) is 1. The van der Waals surface area contributed by atoms with Crippen LogP contribution < -0.4 is 5.73 Å². The van der Waals surface area contributed by atoms with Crippen LogP contribution >= 0.6 is 0 Å². The Kier molecular flexibility index (Phi) is 5.40. The highest BCUT2D eigenvalue weighted by atomic mass is 19.4. The van der Waals surface area contributed by atoms with Gasteiger partial charge in [-0.1, -0.05) is 0 Å². The van der Waals surface area contributed by atoms with Crippen molar-refractivity contribution in [3.63, 3.8) is 0 Å². The topological polar surface area (TPSA) is 55.6 Å². The fourth-order valence-corrected chi connectivity index (χ4v) is 1.75. The van der Waals surface area contributed by atoms with Crippen molar-refractivity contribution in [1.29, 1.82) is 0 Å². The average Bonchev–Trinajstić information content (AvgIpc) is 3.06. The molecule has 1 atom stereocenters. The molecule has 0 radical (unpaired) electrons. The van der Waals surface area contributed by atoms with Crippen molar-refractivity contribution < 1.29 is 22.7 Å². The van der Waals surface area contributed by atoms with Gasteiger partial charge in [0.05, 0.1) is 19.1 Å². The fourth-order valence-electron chi connectivity index (χ4n) is 1.75. The van der Waals surface area contributed by atoms with Crippen LogP contribution in [0.4, 0.5) is 13.2 Å². The number of nitrogens with zero attached hydrogens (tertiary/aromatic N) is 1. The van der Waals surface area contributed by atoms with Crippen LogP contribution in [0.5, 0.6) is 0 Å². The number of hydrogen-bond acceptors (Lipinski definition) is 4. The Labute approximate surface area is 104 Å². The van der Waals surface area contributed by atoms with Crippen LogP contribution in [-0.4, -0.2) is 49.3 Å². The Balaban J connectivity index is 2.54.